The van der Waals surface area contributed by atoms with Gasteiger partial charge in [0.25, 0.3) is 0 Å². The molecule has 17 heteroatoms. The van der Waals surface area contributed by atoms with E-state index < -0.39 is 35.2 Å². The average molecular weight is 789 g/mol. The average Bonchev–Trinajstić information content (AvgIpc) is 2.86. The summed E-state index contributed by atoms with van der Waals surface area (Å²) < 4.78 is 112. The first-order valence-corrected chi connectivity index (χ1v) is 13.7. The summed E-state index contributed by atoms with van der Waals surface area (Å²) in [5, 5.41) is 0. The second kappa shape index (κ2) is 19.6. The van der Waals surface area contributed by atoms with Crippen LogP contribution in [0.1, 0.15) is 43.7 Å². The molecule has 0 aromatic heterocycles. The molecule has 0 atom stereocenters. The first-order chi connectivity index (χ1) is 20.0. The Morgan fingerprint density at radius 2 is 1.00 bits per heavy atom. The number of hydrogen-bond donors (Lipinski definition) is 0. The molecule has 0 radical (unpaired) electrons. The Morgan fingerprint density at radius 1 is 0.630 bits per heavy atom. The van der Waals surface area contributed by atoms with Crippen LogP contribution in [0.15, 0.2) is 63.5 Å². The minimum absolute atomic E-state index is 0. The second-order valence-corrected chi connectivity index (χ2v) is 11.6. The molecule has 0 amide bonds. The van der Waals surface area contributed by atoms with E-state index in [-0.39, 0.29) is 39.9 Å². The molecule has 0 aliphatic rings. The molecule has 1 N–H and O–H groups in total. The van der Waals surface area contributed by atoms with Crippen molar-refractivity contribution in [1.82, 2.24) is 9.80 Å². The summed E-state index contributed by atoms with van der Waals surface area (Å²) in [6.07, 6.45) is -11.3. The smallest absolute Gasteiger partial charge is 0.870 e. The molecule has 3 aromatic carbocycles. The van der Waals surface area contributed by atoms with Gasteiger partial charge >= 0.3 is 37.4 Å². The Hall–Kier alpha value is -2.19. The van der Waals surface area contributed by atoms with Gasteiger partial charge in [0.15, 0.2) is 0 Å². The molecule has 0 bridgehead atoms. The summed E-state index contributed by atoms with van der Waals surface area (Å²) in [5.74, 6) is 0. The van der Waals surface area contributed by atoms with E-state index in [4.69, 9.17) is 0 Å². The van der Waals surface area contributed by atoms with Crippen molar-refractivity contribution in [3.8, 4) is 0 Å². The molecule has 0 fully saturated rings. The van der Waals surface area contributed by atoms with Crippen molar-refractivity contribution in [3.63, 3.8) is 0 Å². The number of carbonyl (C=O) groups excluding carboxylic acids is 2. The van der Waals surface area contributed by atoms with E-state index in [1.54, 1.807) is 25.1 Å². The normalized spacial score (nSPS) is 11.3. The van der Waals surface area contributed by atoms with Crippen molar-refractivity contribution in [2.75, 3.05) is 28.2 Å². The van der Waals surface area contributed by atoms with Crippen molar-refractivity contribution in [3.05, 3.63) is 102 Å². The van der Waals surface area contributed by atoms with Crippen molar-refractivity contribution < 1.29 is 73.4 Å². The first kappa shape index (κ1) is 45.9. The molecule has 0 heterocycles. The van der Waals surface area contributed by atoms with Gasteiger partial charge in [-0.15, -0.1) is 6.07 Å². The van der Waals surface area contributed by atoms with Gasteiger partial charge in [-0.3, -0.25) is 4.79 Å². The van der Waals surface area contributed by atoms with Crippen LogP contribution >= 0.6 is 31.9 Å². The molecule has 46 heavy (non-hydrogen) atoms. The summed E-state index contributed by atoms with van der Waals surface area (Å²) in [6, 6.07) is 10.2. The fraction of sp³-hybridized carbons (Fsp3) is 0.310. The Bertz CT molecular complexity index is 1420. The van der Waals surface area contributed by atoms with Gasteiger partial charge in [-0.1, -0.05) is 43.5 Å². The number of rotatable bonds is 6. The number of aldehydes is 1. The third kappa shape index (κ3) is 17.1. The number of hydrogen-bond acceptors (Lipinski definition) is 5. The van der Waals surface area contributed by atoms with E-state index >= 15 is 0 Å². The molecule has 0 saturated carbocycles. The van der Waals surface area contributed by atoms with Crippen molar-refractivity contribution >= 4 is 44.4 Å². The van der Waals surface area contributed by atoms with Gasteiger partial charge < -0.3 is 20.1 Å². The Kier molecular flexibility index (Phi) is 19.6. The van der Waals surface area contributed by atoms with Gasteiger partial charge in [0.2, 0.25) is 0 Å². The summed E-state index contributed by atoms with van der Waals surface area (Å²) in [6.45, 7) is 0.834. The SMILES string of the molecule is CN(C)Cc1cc(Br)cc(C(F)(F)F)c1.CN(C)Cc1cc([C-]=O)cc(C(F)(F)F)c1.O=Cc1cc(Br)cc(C(F)(F)F)c1.[Li+].[OH-]. The number of nitrogens with zero attached hydrogens (tertiary/aromatic N) is 2. The number of benzene rings is 3. The molecule has 0 aliphatic carbocycles. The first-order valence-electron chi connectivity index (χ1n) is 12.1. The molecule has 0 unspecified atom stereocenters. The second-order valence-electron chi connectivity index (χ2n) is 9.73. The van der Waals surface area contributed by atoms with Crippen LogP contribution < -0.4 is 18.9 Å². The van der Waals surface area contributed by atoms with Gasteiger partial charge in [-0.25, -0.2) is 0 Å². The van der Waals surface area contributed by atoms with Crippen LogP contribution in [0.3, 0.4) is 0 Å². The third-order valence-corrected chi connectivity index (χ3v) is 6.02. The van der Waals surface area contributed by atoms with Crippen LogP contribution in [0.4, 0.5) is 39.5 Å². The molecule has 250 valence electrons. The van der Waals surface area contributed by atoms with Crippen LogP contribution in [-0.4, -0.2) is 56.0 Å². The van der Waals surface area contributed by atoms with E-state index in [0.29, 0.717) is 35.0 Å². The fourth-order valence-corrected chi connectivity index (χ4v) is 4.54. The van der Waals surface area contributed by atoms with Crippen LogP contribution in [0.2, 0.25) is 0 Å². The summed E-state index contributed by atoms with van der Waals surface area (Å²) in [4.78, 5) is 24.2. The molecule has 0 saturated heterocycles. The maximum atomic E-state index is 12.5. The van der Waals surface area contributed by atoms with Crippen molar-refractivity contribution in [2.45, 2.75) is 31.6 Å². The zero-order chi connectivity index (χ0) is 34.0. The maximum Gasteiger partial charge on any atom is 1.00 e. The summed E-state index contributed by atoms with van der Waals surface area (Å²) in [7, 11) is 7.11. The maximum absolute atomic E-state index is 12.5. The zero-order valence-corrected chi connectivity index (χ0v) is 28.2. The van der Waals surface area contributed by atoms with Crippen LogP contribution in [0.5, 0.6) is 0 Å². The van der Waals surface area contributed by atoms with Gasteiger partial charge in [0.05, 0.1) is 17.4 Å². The number of halogens is 11. The van der Waals surface area contributed by atoms with Gasteiger partial charge in [-0.2, -0.15) is 51.1 Å². The molecule has 3 aromatic rings. The molecule has 3 rings (SSSR count). The predicted octanol–water partition coefficient (Wildman–Crippen LogP) is 5.86. The van der Waals surface area contributed by atoms with Crippen molar-refractivity contribution in [1.29, 1.82) is 0 Å². The molecule has 0 aliphatic heterocycles. The standard InChI is InChI=1S/C11H11F3NO.C10H11BrF3N.C8H4BrF3O.Li.H2O/c1-15(2)6-8-3-9(7-16)5-10(4-8)11(12,13)14;1-15(2)6-7-3-8(10(12,13)14)5-9(11)4-7;9-7-2-5(4-13)1-6(3-7)8(10,11)12;;/h3-5H,6H2,1-2H3;3-5H,6H2,1-2H3;1-4H;;1H2/q-1;;;+1;/p-1. The van der Waals surface area contributed by atoms with Gasteiger partial charge in [-0.05, 0) is 70.2 Å². The quantitative estimate of drug-likeness (QED) is 0.136. The third-order valence-electron chi connectivity index (χ3n) is 5.10. The van der Waals surface area contributed by atoms with E-state index in [0.717, 1.165) is 30.3 Å². The monoisotopic (exact) mass is 787 g/mol. The minimum Gasteiger partial charge on any atom is -0.870 e. The Balaban J connectivity index is 0. The topological polar surface area (TPSA) is 70.6 Å². The Labute approximate surface area is 288 Å². The van der Waals surface area contributed by atoms with E-state index in [1.165, 1.54) is 24.5 Å². The van der Waals surface area contributed by atoms with Gasteiger partial charge in [0, 0.05) is 33.2 Å². The fourth-order valence-electron chi connectivity index (χ4n) is 3.49. The van der Waals surface area contributed by atoms with E-state index in [9.17, 15) is 49.1 Å². The minimum atomic E-state index is -4.44. The van der Waals surface area contributed by atoms with Gasteiger partial charge in [0.1, 0.15) is 6.29 Å². The van der Waals surface area contributed by atoms with Crippen LogP contribution in [0, 0.1) is 0 Å². The van der Waals surface area contributed by atoms with Crippen LogP contribution in [0.25, 0.3) is 0 Å². The predicted molar refractivity (Wildman–Crippen MR) is 157 cm³/mol. The van der Waals surface area contributed by atoms with E-state index in [1.807, 2.05) is 19.0 Å². The molecular formula is C29H27Br2F9LiN2O3-. The zero-order valence-electron chi connectivity index (χ0n) is 25.0. The van der Waals surface area contributed by atoms with Crippen molar-refractivity contribution in [2.24, 2.45) is 0 Å². The van der Waals surface area contributed by atoms with Crippen LogP contribution in [-0.2, 0) is 36.4 Å². The Morgan fingerprint density at radius 3 is 1.37 bits per heavy atom. The summed E-state index contributed by atoms with van der Waals surface area (Å²) >= 11 is 5.96. The molecular weight excluding hydrogens is 762 g/mol. The van der Waals surface area contributed by atoms with E-state index in [2.05, 4.69) is 31.9 Å². The summed E-state index contributed by atoms with van der Waals surface area (Å²) in [5.41, 5.74) is -1.25. The molecule has 5 nitrogen and oxygen atoms in total. The molecule has 0 spiro atoms. The number of carbonyl (C=O) groups is 1. The number of alkyl halides is 9. The largest absolute Gasteiger partial charge is 1.00 e.